The van der Waals surface area contributed by atoms with E-state index in [2.05, 4.69) is 0 Å². The predicted molar refractivity (Wildman–Crippen MR) is 58.4 cm³/mol. The molecule has 84 valence electrons. The minimum atomic E-state index is -0.679. The third-order valence-corrected chi connectivity index (χ3v) is 2.42. The minimum absolute atomic E-state index is 0. The van der Waals surface area contributed by atoms with Gasteiger partial charge < -0.3 is 10.5 Å². The molecular weight excluding hydrogens is 202 g/mol. The molecule has 1 aliphatic carbocycles. The zero-order valence-electron chi connectivity index (χ0n) is 9.29. The van der Waals surface area contributed by atoms with Gasteiger partial charge in [-0.05, 0) is 33.1 Å². The van der Waals surface area contributed by atoms with Gasteiger partial charge in [-0.3, -0.25) is 4.79 Å². The summed E-state index contributed by atoms with van der Waals surface area (Å²) in [5.74, 6) is 0.0780. The maximum absolute atomic E-state index is 11.6. The molecule has 1 rings (SSSR count). The third kappa shape index (κ3) is 2.85. The van der Waals surface area contributed by atoms with Crippen LogP contribution in [-0.4, -0.2) is 17.1 Å². The lowest BCUT2D eigenvalue weighted by Crippen LogP contribution is -2.41. The Hall–Kier alpha value is -0.280. The second-order valence-corrected chi connectivity index (χ2v) is 4.85. The van der Waals surface area contributed by atoms with E-state index in [4.69, 9.17) is 10.5 Å². The summed E-state index contributed by atoms with van der Waals surface area (Å²) in [4.78, 5) is 11.6. The van der Waals surface area contributed by atoms with Crippen molar-refractivity contribution < 1.29 is 9.53 Å². The van der Waals surface area contributed by atoms with Crippen molar-refractivity contribution in [1.29, 1.82) is 0 Å². The molecule has 0 aromatic rings. The molecule has 2 N–H and O–H groups in total. The van der Waals surface area contributed by atoms with Crippen molar-refractivity contribution in [3.05, 3.63) is 0 Å². The molecule has 0 radical (unpaired) electrons. The molecule has 1 fully saturated rings. The topological polar surface area (TPSA) is 52.3 Å². The van der Waals surface area contributed by atoms with Crippen LogP contribution in [0.2, 0.25) is 0 Å². The van der Waals surface area contributed by atoms with E-state index >= 15 is 0 Å². The normalized spacial score (nSPS) is 30.5. The van der Waals surface area contributed by atoms with Crippen LogP contribution >= 0.6 is 12.4 Å². The Morgan fingerprint density at radius 2 is 2.07 bits per heavy atom. The minimum Gasteiger partial charge on any atom is -0.459 e. The molecule has 0 amide bonds. The van der Waals surface area contributed by atoms with E-state index in [-0.39, 0.29) is 18.4 Å². The number of carbonyl (C=O) groups excluding carboxylic acids is 1. The van der Waals surface area contributed by atoms with Crippen LogP contribution in [0.4, 0.5) is 0 Å². The van der Waals surface area contributed by atoms with Crippen LogP contribution < -0.4 is 5.73 Å². The van der Waals surface area contributed by atoms with Crippen LogP contribution in [0.15, 0.2) is 0 Å². The molecule has 1 saturated carbocycles. The van der Waals surface area contributed by atoms with Gasteiger partial charge in [0.05, 0.1) is 0 Å². The zero-order valence-corrected chi connectivity index (χ0v) is 10.1. The Bertz CT molecular complexity index is 225. The Balaban J connectivity index is 0.00000169. The Morgan fingerprint density at radius 1 is 1.57 bits per heavy atom. The fraction of sp³-hybridized carbons (Fsp3) is 0.900. The summed E-state index contributed by atoms with van der Waals surface area (Å²) >= 11 is 0. The van der Waals surface area contributed by atoms with Crippen molar-refractivity contribution >= 4 is 18.4 Å². The Kier molecular flexibility index (Phi) is 3.99. The molecule has 0 heterocycles. The highest BCUT2D eigenvalue weighted by Gasteiger charge is 2.57. The van der Waals surface area contributed by atoms with E-state index in [0.717, 1.165) is 12.8 Å². The molecule has 0 spiro atoms. The molecule has 3 nitrogen and oxygen atoms in total. The number of rotatable bonds is 2. The van der Waals surface area contributed by atoms with Gasteiger partial charge in [0.25, 0.3) is 0 Å². The number of esters is 1. The van der Waals surface area contributed by atoms with Crippen LogP contribution in [0.25, 0.3) is 0 Å². The van der Waals surface area contributed by atoms with E-state index in [9.17, 15) is 4.79 Å². The maximum atomic E-state index is 11.6. The fourth-order valence-corrected chi connectivity index (χ4v) is 1.48. The van der Waals surface area contributed by atoms with Crippen molar-refractivity contribution in [1.82, 2.24) is 0 Å². The number of carbonyl (C=O) groups is 1. The Labute approximate surface area is 91.8 Å². The summed E-state index contributed by atoms with van der Waals surface area (Å²) in [6.07, 6.45) is 1.73. The van der Waals surface area contributed by atoms with Crippen molar-refractivity contribution in [2.24, 2.45) is 11.7 Å². The second-order valence-electron chi connectivity index (χ2n) is 4.85. The maximum Gasteiger partial charge on any atom is 0.326 e. The summed E-state index contributed by atoms with van der Waals surface area (Å²) in [5, 5.41) is 0. The van der Waals surface area contributed by atoms with Crippen molar-refractivity contribution in [2.45, 2.75) is 51.7 Å². The molecule has 0 aromatic heterocycles. The molecule has 4 heteroatoms. The van der Waals surface area contributed by atoms with Crippen LogP contribution in [0.5, 0.6) is 0 Å². The van der Waals surface area contributed by atoms with Gasteiger partial charge >= 0.3 is 5.97 Å². The quantitative estimate of drug-likeness (QED) is 0.725. The van der Waals surface area contributed by atoms with Crippen LogP contribution in [0.1, 0.15) is 40.5 Å². The smallest absolute Gasteiger partial charge is 0.326 e. The molecule has 1 aliphatic rings. The zero-order chi connectivity index (χ0) is 10.3. The number of ether oxygens (including phenoxy) is 1. The van der Waals surface area contributed by atoms with Crippen molar-refractivity contribution in [3.8, 4) is 0 Å². The van der Waals surface area contributed by atoms with Gasteiger partial charge in [-0.1, -0.05) is 13.3 Å². The SMILES string of the molecule is CC[C@@H]1C[C@]1(N)C(=O)OC(C)(C)C.Cl. The lowest BCUT2D eigenvalue weighted by molar-refractivity contribution is -0.158. The summed E-state index contributed by atoms with van der Waals surface area (Å²) in [5.41, 5.74) is 4.77. The van der Waals surface area contributed by atoms with Gasteiger partial charge in [-0.2, -0.15) is 0 Å². The molecule has 0 aliphatic heterocycles. The Morgan fingerprint density at radius 3 is 2.36 bits per heavy atom. The number of nitrogens with two attached hydrogens (primary N) is 1. The molecule has 14 heavy (non-hydrogen) atoms. The number of hydrogen-bond donors (Lipinski definition) is 1. The van der Waals surface area contributed by atoms with Crippen molar-refractivity contribution in [3.63, 3.8) is 0 Å². The van der Waals surface area contributed by atoms with Crippen LogP contribution in [0.3, 0.4) is 0 Å². The summed E-state index contributed by atoms with van der Waals surface area (Å²) < 4.78 is 5.23. The largest absolute Gasteiger partial charge is 0.459 e. The molecule has 2 atom stereocenters. The van der Waals surface area contributed by atoms with E-state index < -0.39 is 11.1 Å². The fourth-order valence-electron chi connectivity index (χ4n) is 1.48. The van der Waals surface area contributed by atoms with Crippen molar-refractivity contribution in [2.75, 3.05) is 0 Å². The van der Waals surface area contributed by atoms with E-state index in [1.165, 1.54) is 0 Å². The van der Waals surface area contributed by atoms with Crippen LogP contribution in [-0.2, 0) is 9.53 Å². The second kappa shape index (κ2) is 4.07. The third-order valence-electron chi connectivity index (χ3n) is 2.42. The van der Waals surface area contributed by atoms with Gasteiger partial charge in [-0.15, -0.1) is 12.4 Å². The molecule has 0 saturated heterocycles. The summed E-state index contributed by atoms with van der Waals surface area (Å²) in [6, 6.07) is 0. The average molecular weight is 222 g/mol. The highest BCUT2D eigenvalue weighted by molar-refractivity contribution is 5.85. The number of hydrogen-bond acceptors (Lipinski definition) is 3. The highest BCUT2D eigenvalue weighted by atomic mass is 35.5. The average Bonchev–Trinajstić information content (AvgIpc) is 2.60. The highest BCUT2D eigenvalue weighted by Crippen LogP contribution is 2.44. The first-order chi connectivity index (χ1) is 5.79. The van der Waals surface area contributed by atoms with E-state index in [1.807, 2.05) is 27.7 Å². The predicted octanol–water partition coefficient (Wildman–Crippen LogP) is 1.88. The van der Waals surface area contributed by atoms with Gasteiger partial charge in [0, 0.05) is 0 Å². The number of halogens is 1. The van der Waals surface area contributed by atoms with Gasteiger partial charge in [0.1, 0.15) is 11.1 Å². The first kappa shape index (κ1) is 13.7. The van der Waals surface area contributed by atoms with Crippen LogP contribution in [0, 0.1) is 5.92 Å². The first-order valence-electron chi connectivity index (χ1n) is 4.82. The standard InChI is InChI=1S/C10H19NO2.ClH/c1-5-7-6-10(7,11)8(12)13-9(2,3)4;/h7H,5-6,11H2,1-4H3;1H/t7-,10-;/m1./s1. The van der Waals surface area contributed by atoms with E-state index in [1.54, 1.807) is 0 Å². The first-order valence-corrected chi connectivity index (χ1v) is 4.82. The van der Waals surface area contributed by atoms with E-state index in [0.29, 0.717) is 5.92 Å². The molecular formula is C10H20ClNO2. The lowest BCUT2D eigenvalue weighted by Gasteiger charge is -2.22. The summed E-state index contributed by atoms with van der Waals surface area (Å²) in [7, 11) is 0. The van der Waals surface area contributed by atoms with Gasteiger partial charge in [-0.25, -0.2) is 0 Å². The molecule has 0 unspecified atom stereocenters. The molecule has 0 aromatic carbocycles. The molecule has 0 bridgehead atoms. The summed E-state index contributed by atoms with van der Waals surface area (Å²) in [6.45, 7) is 7.62. The van der Waals surface area contributed by atoms with Gasteiger partial charge in [0.15, 0.2) is 0 Å². The lowest BCUT2D eigenvalue weighted by atomic mass is 10.1. The van der Waals surface area contributed by atoms with Gasteiger partial charge in [0.2, 0.25) is 0 Å². The monoisotopic (exact) mass is 221 g/mol.